The average Bonchev–Trinajstić information content (AvgIpc) is 3.07. The number of para-hydroxylation sites is 1. The van der Waals surface area contributed by atoms with E-state index in [1.54, 1.807) is 24.3 Å². The van der Waals surface area contributed by atoms with Gasteiger partial charge in [-0.3, -0.25) is 9.59 Å². The predicted octanol–water partition coefficient (Wildman–Crippen LogP) is 2.38. The highest BCUT2D eigenvalue weighted by Gasteiger charge is 2.15. The van der Waals surface area contributed by atoms with E-state index in [4.69, 9.17) is 5.73 Å². The van der Waals surface area contributed by atoms with Crippen LogP contribution in [0.15, 0.2) is 53.7 Å². The van der Waals surface area contributed by atoms with Crippen LogP contribution in [-0.4, -0.2) is 46.4 Å². The number of benzene rings is 2. The van der Waals surface area contributed by atoms with E-state index in [2.05, 4.69) is 15.5 Å². The van der Waals surface area contributed by atoms with Crippen LogP contribution >= 0.6 is 11.8 Å². The topological polar surface area (TPSA) is 106 Å². The van der Waals surface area contributed by atoms with Crippen molar-refractivity contribution >= 4 is 35.0 Å². The summed E-state index contributed by atoms with van der Waals surface area (Å²) in [6, 6.07) is 14.6. The van der Waals surface area contributed by atoms with Gasteiger partial charge in [0, 0.05) is 32.4 Å². The van der Waals surface area contributed by atoms with Gasteiger partial charge < -0.3 is 20.5 Å². The molecule has 0 bridgehead atoms. The first-order chi connectivity index (χ1) is 13.9. The largest absolute Gasteiger partial charge is 0.378 e. The zero-order valence-corrected chi connectivity index (χ0v) is 17.2. The molecule has 8 nitrogen and oxygen atoms in total. The van der Waals surface area contributed by atoms with Crippen LogP contribution in [0.3, 0.4) is 0 Å². The second kappa shape index (κ2) is 8.78. The molecule has 0 radical (unpaired) electrons. The molecule has 0 saturated heterocycles. The summed E-state index contributed by atoms with van der Waals surface area (Å²) in [4.78, 5) is 25.8. The molecule has 3 N–H and O–H groups in total. The van der Waals surface area contributed by atoms with Gasteiger partial charge in [0.1, 0.15) is 0 Å². The SMILES string of the molecule is CN(C)c1ccc(-c2nnc(SCC(=O)Nc3ccccc3C(N)=O)n2C)cc1. The number of nitrogens with zero attached hydrogens (tertiary/aromatic N) is 4. The normalized spacial score (nSPS) is 10.6. The number of nitrogens with one attached hydrogen (secondary N) is 1. The first-order valence-electron chi connectivity index (χ1n) is 8.85. The number of hydrogen-bond acceptors (Lipinski definition) is 6. The molecule has 0 aliphatic carbocycles. The van der Waals surface area contributed by atoms with Gasteiger partial charge in [-0.05, 0) is 36.4 Å². The lowest BCUT2D eigenvalue weighted by molar-refractivity contribution is -0.113. The van der Waals surface area contributed by atoms with Crippen LogP contribution in [0, 0.1) is 0 Å². The third-order valence-corrected chi connectivity index (χ3v) is 5.30. The summed E-state index contributed by atoms with van der Waals surface area (Å²) in [6.07, 6.45) is 0. The van der Waals surface area contributed by atoms with E-state index in [-0.39, 0.29) is 17.2 Å². The lowest BCUT2D eigenvalue weighted by atomic mass is 10.1. The Hall–Kier alpha value is -3.33. The van der Waals surface area contributed by atoms with Crippen LogP contribution in [0.5, 0.6) is 0 Å². The van der Waals surface area contributed by atoms with Gasteiger partial charge in [-0.15, -0.1) is 10.2 Å². The van der Waals surface area contributed by atoms with Crippen molar-refractivity contribution in [2.24, 2.45) is 12.8 Å². The minimum Gasteiger partial charge on any atom is -0.378 e. The van der Waals surface area contributed by atoms with E-state index in [1.165, 1.54) is 11.8 Å². The number of thioether (sulfide) groups is 1. The first-order valence-corrected chi connectivity index (χ1v) is 9.84. The van der Waals surface area contributed by atoms with Crippen molar-refractivity contribution in [3.05, 3.63) is 54.1 Å². The molecule has 0 unspecified atom stereocenters. The monoisotopic (exact) mass is 410 g/mol. The molecule has 2 amide bonds. The van der Waals surface area contributed by atoms with Crippen molar-refractivity contribution in [2.75, 3.05) is 30.1 Å². The van der Waals surface area contributed by atoms with Gasteiger partial charge >= 0.3 is 0 Å². The maximum atomic E-state index is 12.3. The highest BCUT2D eigenvalue weighted by molar-refractivity contribution is 7.99. The molecule has 3 rings (SSSR count). The van der Waals surface area contributed by atoms with Gasteiger partial charge in [-0.2, -0.15) is 0 Å². The number of rotatable bonds is 7. The minimum absolute atomic E-state index is 0.124. The highest BCUT2D eigenvalue weighted by Crippen LogP contribution is 2.25. The van der Waals surface area contributed by atoms with Crippen molar-refractivity contribution in [3.63, 3.8) is 0 Å². The van der Waals surface area contributed by atoms with Crippen molar-refractivity contribution in [1.82, 2.24) is 14.8 Å². The average molecular weight is 411 g/mol. The third-order valence-electron chi connectivity index (χ3n) is 4.28. The quantitative estimate of drug-likeness (QED) is 0.579. The lowest BCUT2D eigenvalue weighted by Gasteiger charge is -2.12. The predicted molar refractivity (Wildman–Crippen MR) is 115 cm³/mol. The second-order valence-corrected chi connectivity index (χ2v) is 7.50. The van der Waals surface area contributed by atoms with E-state index in [1.807, 2.05) is 54.9 Å². The van der Waals surface area contributed by atoms with Gasteiger partial charge in [0.05, 0.1) is 17.0 Å². The Morgan fingerprint density at radius 2 is 1.79 bits per heavy atom. The van der Waals surface area contributed by atoms with Crippen molar-refractivity contribution in [2.45, 2.75) is 5.16 Å². The van der Waals surface area contributed by atoms with Gasteiger partial charge in [0.2, 0.25) is 5.91 Å². The summed E-state index contributed by atoms with van der Waals surface area (Å²) in [5.41, 5.74) is 8.04. The Balaban J connectivity index is 1.66. The summed E-state index contributed by atoms with van der Waals surface area (Å²) >= 11 is 1.27. The van der Waals surface area contributed by atoms with Crippen molar-refractivity contribution in [1.29, 1.82) is 0 Å². The minimum atomic E-state index is -0.591. The van der Waals surface area contributed by atoms with E-state index in [0.717, 1.165) is 17.1 Å². The molecule has 29 heavy (non-hydrogen) atoms. The summed E-state index contributed by atoms with van der Waals surface area (Å²) in [6.45, 7) is 0. The fraction of sp³-hybridized carbons (Fsp3) is 0.200. The first kappa shape index (κ1) is 20.4. The van der Waals surface area contributed by atoms with Crippen LogP contribution in [0.4, 0.5) is 11.4 Å². The van der Waals surface area contributed by atoms with Crippen LogP contribution in [0.25, 0.3) is 11.4 Å². The number of carbonyl (C=O) groups is 2. The Bertz CT molecular complexity index is 1030. The van der Waals surface area contributed by atoms with Crippen LogP contribution < -0.4 is 16.0 Å². The van der Waals surface area contributed by atoms with Crippen LogP contribution in [0.1, 0.15) is 10.4 Å². The number of carbonyl (C=O) groups excluding carboxylic acids is 2. The van der Waals surface area contributed by atoms with Crippen molar-refractivity contribution < 1.29 is 9.59 Å². The molecule has 1 heterocycles. The lowest BCUT2D eigenvalue weighted by Crippen LogP contribution is -2.19. The smallest absolute Gasteiger partial charge is 0.250 e. The van der Waals surface area contributed by atoms with Gasteiger partial charge in [-0.1, -0.05) is 23.9 Å². The number of hydrogen-bond donors (Lipinski definition) is 2. The molecular formula is C20H22N6O2S. The molecule has 0 fully saturated rings. The Labute approximate surface area is 173 Å². The molecular weight excluding hydrogens is 388 g/mol. The molecule has 1 aromatic heterocycles. The molecule has 0 aliphatic rings. The highest BCUT2D eigenvalue weighted by atomic mass is 32.2. The van der Waals surface area contributed by atoms with Gasteiger partial charge in [0.25, 0.3) is 5.91 Å². The Morgan fingerprint density at radius 1 is 1.10 bits per heavy atom. The fourth-order valence-electron chi connectivity index (χ4n) is 2.72. The number of amides is 2. The van der Waals surface area contributed by atoms with E-state index in [0.29, 0.717) is 10.8 Å². The van der Waals surface area contributed by atoms with E-state index in [9.17, 15) is 9.59 Å². The molecule has 9 heteroatoms. The summed E-state index contributed by atoms with van der Waals surface area (Å²) < 4.78 is 1.85. The molecule has 2 aromatic carbocycles. The molecule has 3 aromatic rings. The number of anilines is 2. The molecule has 0 aliphatic heterocycles. The van der Waals surface area contributed by atoms with E-state index >= 15 is 0 Å². The van der Waals surface area contributed by atoms with Gasteiger partial charge in [-0.25, -0.2) is 0 Å². The maximum Gasteiger partial charge on any atom is 0.250 e. The van der Waals surface area contributed by atoms with Crippen LogP contribution in [0.2, 0.25) is 0 Å². The molecule has 0 saturated carbocycles. The van der Waals surface area contributed by atoms with Gasteiger partial charge in [0.15, 0.2) is 11.0 Å². The molecule has 150 valence electrons. The summed E-state index contributed by atoms with van der Waals surface area (Å²) in [7, 11) is 5.83. The Kier molecular flexibility index (Phi) is 6.18. The fourth-order valence-corrected chi connectivity index (χ4v) is 3.44. The number of primary amides is 1. The zero-order valence-electron chi connectivity index (χ0n) is 16.4. The zero-order chi connectivity index (χ0) is 21.0. The standard InChI is InChI=1S/C20H22N6O2S/c1-25(2)14-10-8-13(9-11-14)19-23-24-20(26(19)3)29-12-17(27)22-16-7-5-4-6-15(16)18(21)28/h4-11H,12H2,1-3H3,(H2,21,28)(H,22,27). The summed E-state index contributed by atoms with van der Waals surface area (Å²) in [5, 5.41) is 11.8. The van der Waals surface area contributed by atoms with Crippen LogP contribution in [-0.2, 0) is 11.8 Å². The Morgan fingerprint density at radius 3 is 2.45 bits per heavy atom. The van der Waals surface area contributed by atoms with Crippen molar-refractivity contribution in [3.8, 4) is 11.4 Å². The maximum absolute atomic E-state index is 12.3. The summed E-state index contributed by atoms with van der Waals surface area (Å²) in [5.74, 6) is -0.00815. The molecule has 0 atom stereocenters. The third kappa shape index (κ3) is 4.75. The number of aromatic nitrogens is 3. The second-order valence-electron chi connectivity index (χ2n) is 6.55. The van der Waals surface area contributed by atoms with E-state index < -0.39 is 5.91 Å². The molecule has 0 spiro atoms. The number of nitrogens with two attached hydrogens (primary N) is 1.